The van der Waals surface area contributed by atoms with Crippen molar-refractivity contribution in [1.82, 2.24) is 0 Å². The third-order valence-corrected chi connectivity index (χ3v) is 7.73. The molecule has 32 heavy (non-hydrogen) atoms. The molecule has 14 heteroatoms. The Balaban J connectivity index is 2.11. The van der Waals surface area contributed by atoms with Crippen molar-refractivity contribution in [3.63, 3.8) is 0 Å². The van der Waals surface area contributed by atoms with Crippen LogP contribution in [-0.2, 0) is 20.8 Å². The zero-order valence-corrected chi connectivity index (χ0v) is 20.2. The van der Waals surface area contributed by atoms with Crippen molar-refractivity contribution in [3.8, 4) is 27.0 Å². The van der Waals surface area contributed by atoms with Crippen LogP contribution in [0.2, 0.25) is 5.02 Å². The summed E-state index contributed by atoms with van der Waals surface area (Å²) in [5.41, 5.74) is 0.564. The number of hydrogen-bond acceptors (Lipinski definition) is 9. The molecule has 9 nitrogen and oxygen atoms in total. The minimum absolute atomic E-state index is 0.154. The Labute approximate surface area is 195 Å². The van der Waals surface area contributed by atoms with Crippen molar-refractivity contribution in [2.24, 2.45) is 0 Å². The van der Waals surface area contributed by atoms with Crippen LogP contribution in [0.25, 0.3) is 29.9 Å². The molecule has 0 atom stereocenters. The first-order valence-electron chi connectivity index (χ1n) is 8.53. The van der Waals surface area contributed by atoms with E-state index in [1.165, 1.54) is 13.2 Å². The summed E-state index contributed by atoms with van der Waals surface area (Å²) in [6.07, 6.45) is 0. The Morgan fingerprint density at radius 1 is 0.875 bits per heavy atom. The van der Waals surface area contributed by atoms with Gasteiger partial charge in [-0.1, -0.05) is 11.6 Å². The molecule has 0 saturated carbocycles. The first-order valence-corrected chi connectivity index (χ1v) is 13.3. The van der Waals surface area contributed by atoms with E-state index >= 15 is 0 Å². The van der Waals surface area contributed by atoms with Crippen LogP contribution < -0.4 is 13.1 Å². The molecule has 2 N–H and O–H groups in total. The fraction of sp³-hybridized carbons (Fsp3) is 0.111. The second-order valence-corrected chi connectivity index (χ2v) is 11.1. The third-order valence-electron chi connectivity index (χ3n) is 4.34. The largest absolute Gasteiger partial charge is 0.497 e. The summed E-state index contributed by atoms with van der Waals surface area (Å²) < 4.78 is 81.1. The number of methoxy groups -OCH3 is 1. The molecular weight excluding hydrogens is 524 g/mol. The van der Waals surface area contributed by atoms with Gasteiger partial charge in [0.2, 0.25) is 0 Å². The SMILES string of the molecule is COc1ccc2c(OS(=O)(=O)O)c(-c3sc4cc(Cl)cc(C)c4c3OS(=O)(=O)O)sc2c1. The molecule has 0 fully saturated rings. The average molecular weight is 537 g/mol. The first-order chi connectivity index (χ1) is 14.9. The molecule has 2 heterocycles. The number of hydrogen-bond donors (Lipinski definition) is 2. The molecule has 4 rings (SSSR count). The van der Waals surface area contributed by atoms with E-state index in [9.17, 15) is 25.9 Å². The van der Waals surface area contributed by atoms with Crippen molar-refractivity contribution >= 4 is 75.2 Å². The van der Waals surface area contributed by atoms with Crippen LogP contribution in [0, 0.1) is 6.92 Å². The summed E-state index contributed by atoms with van der Waals surface area (Å²) in [4.78, 5) is 0.308. The lowest BCUT2D eigenvalue weighted by Gasteiger charge is -2.07. The van der Waals surface area contributed by atoms with E-state index in [1.54, 1.807) is 31.2 Å². The van der Waals surface area contributed by atoms with E-state index in [4.69, 9.17) is 24.7 Å². The van der Waals surface area contributed by atoms with Gasteiger partial charge in [0.25, 0.3) is 0 Å². The Kier molecular flexibility index (Phi) is 5.78. The number of benzene rings is 2. The van der Waals surface area contributed by atoms with E-state index in [0.717, 1.165) is 22.7 Å². The lowest BCUT2D eigenvalue weighted by atomic mass is 10.1. The number of fused-ring (bicyclic) bond motifs is 2. The molecule has 4 aromatic rings. The maximum absolute atomic E-state index is 11.6. The van der Waals surface area contributed by atoms with Crippen LogP contribution in [0.5, 0.6) is 17.2 Å². The normalized spacial score (nSPS) is 12.4. The van der Waals surface area contributed by atoms with Crippen molar-refractivity contribution in [2.75, 3.05) is 7.11 Å². The Bertz CT molecular complexity index is 1580. The van der Waals surface area contributed by atoms with Gasteiger partial charge < -0.3 is 13.1 Å². The lowest BCUT2D eigenvalue weighted by molar-refractivity contribution is 0.385. The van der Waals surface area contributed by atoms with Crippen LogP contribution in [-0.4, -0.2) is 33.1 Å². The molecule has 0 spiro atoms. The number of ether oxygens (including phenoxy) is 1. The van der Waals surface area contributed by atoms with E-state index in [1.807, 2.05) is 0 Å². The van der Waals surface area contributed by atoms with Crippen LogP contribution in [0.1, 0.15) is 5.56 Å². The zero-order chi connectivity index (χ0) is 23.4. The number of rotatable bonds is 6. The number of thiophene rings is 2. The summed E-state index contributed by atoms with van der Waals surface area (Å²) in [6.45, 7) is 1.67. The minimum Gasteiger partial charge on any atom is -0.497 e. The zero-order valence-electron chi connectivity index (χ0n) is 16.1. The van der Waals surface area contributed by atoms with Gasteiger partial charge in [0, 0.05) is 25.2 Å². The van der Waals surface area contributed by atoms with Gasteiger partial charge in [-0.3, -0.25) is 9.11 Å². The monoisotopic (exact) mass is 536 g/mol. The molecule has 0 bridgehead atoms. The lowest BCUT2D eigenvalue weighted by Crippen LogP contribution is -2.08. The highest BCUT2D eigenvalue weighted by molar-refractivity contribution is 7.81. The van der Waals surface area contributed by atoms with Gasteiger partial charge in [-0.25, -0.2) is 0 Å². The minimum atomic E-state index is -4.93. The molecule has 0 saturated heterocycles. The average Bonchev–Trinajstić information content (AvgIpc) is 3.16. The topological polar surface area (TPSA) is 136 Å². The van der Waals surface area contributed by atoms with Crippen LogP contribution >= 0.6 is 34.3 Å². The quantitative estimate of drug-likeness (QED) is 0.322. The molecule has 0 unspecified atom stereocenters. The van der Waals surface area contributed by atoms with Crippen LogP contribution in [0.4, 0.5) is 0 Å². The number of halogens is 1. The Hall–Kier alpha value is -2.13. The summed E-state index contributed by atoms with van der Waals surface area (Å²) in [6, 6.07) is 7.89. The van der Waals surface area contributed by atoms with E-state index < -0.39 is 20.8 Å². The molecule has 170 valence electrons. The first kappa shape index (κ1) is 23.0. The van der Waals surface area contributed by atoms with Crippen LogP contribution in [0.15, 0.2) is 30.3 Å². The van der Waals surface area contributed by atoms with E-state index in [0.29, 0.717) is 36.5 Å². The molecule has 0 amide bonds. The fourth-order valence-electron chi connectivity index (χ4n) is 3.21. The maximum Gasteiger partial charge on any atom is 0.446 e. The van der Waals surface area contributed by atoms with Crippen molar-refractivity contribution in [1.29, 1.82) is 0 Å². The van der Waals surface area contributed by atoms with Gasteiger partial charge in [-0.2, -0.15) is 16.8 Å². The Morgan fingerprint density at radius 3 is 2.09 bits per heavy atom. The molecule has 0 aliphatic rings. The third kappa shape index (κ3) is 4.50. The molecular formula is C18H13ClO9S4. The van der Waals surface area contributed by atoms with Gasteiger partial charge in [-0.05, 0) is 42.8 Å². The molecule has 0 aliphatic carbocycles. The van der Waals surface area contributed by atoms with Crippen molar-refractivity contribution < 1.29 is 39.0 Å². The molecule has 2 aromatic carbocycles. The van der Waals surface area contributed by atoms with E-state index in [2.05, 4.69) is 0 Å². The summed E-state index contributed by atoms with van der Waals surface area (Å²) >= 11 is 8.23. The van der Waals surface area contributed by atoms with Gasteiger partial charge in [0.05, 0.1) is 16.9 Å². The Morgan fingerprint density at radius 2 is 1.47 bits per heavy atom. The molecule has 0 radical (unpaired) electrons. The van der Waals surface area contributed by atoms with E-state index in [-0.39, 0.29) is 21.3 Å². The predicted octanol–water partition coefficient (Wildman–Crippen LogP) is 5.12. The highest BCUT2D eigenvalue weighted by Gasteiger charge is 2.28. The van der Waals surface area contributed by atoms with Gasteiger partial charge in [0.1, 0.15) is 5.75 Å². The molecule has 0 aliphatic heterocycles. The van der Waals surface area contributed by atoms with Gasteiger partial charge in [0.15, 0.2) is 11.5 Å². The smallest absolute Gasteiger partial charge is 0.446 e. The highest BCUT2D eigenvalue weighted by atomic mass is 35.5. The summed E-state index contributed by atoms with van der Waals surface area (Å²) in [7, 11) is -8.40. The number of aryl methyl sites for hydroxylation is 1. The highest BCUT2D eigenvalue weighted by Crippen LogP contribution is 2.54. The van der Waals surface area contributed by atoms with Crippen molar-refractivity contribution in [2.45, 2.75) is 6.92 Å². The summed E-state index contributed by atoms with van der Waals surface area (Å²) in [5.74, 6) is 0.0307. The predicted molar refractivity (Wildman–Crippen MR) is 123 cm³/mol. The maximum atomic E-state index is 11.6. The standard InChI is InChI=1S/C18H13ClO9S4/c1-8-5-9(19)6-13-14(8)16(28-32(23,24)25)18(30-13)17-15(27-31(20,21)22)11-4-3-10(26-2)7-12(11)29-17/h3-7H,1-2H3,(H,20,21,22)(H,23,24,25). The fourth-order valence-corrected chi connectivity index (χ4v) is 6.94. The summed E-state index contributed by atoms with van der Waals surface area (Å²) in [5, 5.41) is 1.07. The second-order valence-electron chi connectivity index (χ2n) is 6.50. The second kappa shape index (κ2) is 8.02. The molecule has 2 aromatic heterocycles. The van der Waals surface area contributed by atoms with Crippen molar-refractivity contribution in [3.05, 3.63) is 40.9 Å². The van der Waals surface area contributed by atoms with Gasteiger partial charge >= 0.3 is 20.8 Å². The van der Waals surface area contributed by atoms with Gasteiger partial charge in [-0.15, -0.1) is 22.7 Å². The van der Waals surface area contributed by atoms with Crippen LogP contribution in [0.3, 0.4) is 0 Å².